The molecule has 0 heterocycles. The van der Waals surface area contributed by atoms with Crippen LogP contribution in [0.4, 0.5) is 0 Å². The van der Waals surface area contributed by atoms with E-state index < -0.39 is 24.1 Å². The number of hydrogen-bond acceptors (Lipinski definition) is 8. The third kappa shape index (κ3) is 10.1. The van der Waals surface area contributed by atoms with Crippen LogP contribution in [-0.4, -0.2) is 34.4 Å². The van der Waals surface area contributed by atoms with Crippen molar-refractivity contribution in [2.24, 2.45) is 0 Å². The first-order chi connectivity index (χ1) is 4.46. The quantitative estimate of drug-likeness (QED) is 0.319. The standard InChI is InChI=1S/C4H6O6.2Li.2H3N/c5-1(3(7)8)2(6)4(9)10;;;;/h1-2,5-6H,(H,7,8)(H,9,10);;;2*1H3/q;2*+1;;/p-2. The maximum absolute atomic E-state index is 9.63. The van der Waals surface area contributed by atoms with Gasteiger partial charge in [0.05, 0.1) is 11.9 Å². The summed E-state index contributed by atoms with van der Waals surface area (Å²) >= 11 is 0. The molecule has 0 aromatic carbocycles. The summed E-state index contributed by atoms with van der Waals surface area (Å²) in [7, 11) is 0. The van der Waals surface area contributed by atoms with Crippen LogP contribution in [0.2, 0.25) is 0 Å². The van der Waals surface area contributed by atoms with Crippen molar-refractivity contribution in [3.05, 3.63) is 0 Å². The van der Waals surface area contributed by atoms with E-state index in [0.29, 0.717) is 0 Å². The van der Waals surface area contributed by atoms with Crippen molar-refractivity contribution in [2.75, 3.05) is 0 Å². The minimum Gasteiger partial charge on any atom is -0.547 e. The molecule has 0 spiro atoms. The molecule has 14 heavy (non-hydrogen) atoms. The Kier molecular flexibility index (Phi) is 27.1. The molecule has 0 radical (unpaired) electrons. The van der Waals surface area contributed by atoms with Gasteiger partial charge in [-0.2, -0.15) is 0 Å². The maximum Gasteiger partial charge on any atom is 1.00 e. The first kappa shape index (κ1) is 29.2. The number of carboxylic acid groups (broad SMARTS) is 2. The molecule has 0 aliphatic rings. The molecule has 0 saturated heterocycles. The molecule has 8 nitrogen and oxygen atoms in total. The van der Waals surface area contributed by atoms with Gasteiger partial charge in [-0.05, 0) is 0 Å². The minimum atomic E-state index is -2.44. The van der Waals surface area contributed by atoms with Crippen LogP contribution in [-0.2, 0) is 9.59 Å². The zero-order valence-corrected chi connectivity index (χ0v) is 8.10. The average molecular weight is 196 g/mol. The van der Waals surface area contributed by atoms with Crippen LogP contribution in [0, 0.1) is 0 Å². The molecule has 0 fully saturated rings. The molecule has 0 rings (SSSR count). The third-order valence-corrected chi connectivity index (χ3v) is 0.782. The van der Waals surface area contributed by atoms with Crippen LogP contribution < -0.4 is 60.2 Å². The first-order valence-corrected chi connectivity index (χ1v) is 2.24. The zero-order valence-electron chi connectivity index (χ0n) is 8.10. The largest absolute Gasteiger partial charge is 1.00 e. The molecule has 8 N–H and O–H groups in total. The maximum atomic E-state index is 9.63. The first-order valence-electron chi connectivity index (χ1n) is 2.24. The van der Waals surface area contributed by atoms with E-state index in [0.717, 1.165) is 0 Å². The summed E-state index contributed by atoms with van der Waals surface area (Å²) in [5.41, 5.74) is 0. The van der Waals surface area contributed by atoms with Gasteiger partial charge < -0.3 is 42.3 Å². The molecule has 0 saturated carbocycles. The average Bonchev–Trinajstić information content (AvgIpc) is 1.84. The molecule has 0 aliphatic carbocycles. The van der Waals surface area contributed by atoms with Crippen molar-refractivity contribution in [3.63, 3.8) is 0 Å². The second-order valence-corrected chi connectivity index (χ2v) is 1.53. The van der Waals surface area contributed by atoms with Crippen LogP contribution in [0.1, 0.15) is 0 Å². The molecular weight excluding hydrogens is 186 g/mol. The van der Waals surface area contributed by atoms with Gasteiger partial charge in [-0.3, -0.25) is 0 Å². The van der Waals surface area contributed by atoms with Crippen LogP contribution >= 0.6 is 0 Å². The Morgan fingerprint density at radius 1 is 0.857 bits per heavy atom. The Morgan fingerprint density at radius 3 is 1.07 bits per heavy atom. The molecule has 74 valence electrons. The topological polar surface area (TPSA) is 191 Å². The van der Waals surface area contributed by atoms with E-state index in [1.807, 2.05) is 0 Å². The predicted molar refractivity (Wildman–Crippen MR) is 32.1 cm³/mol. The summed E-state index contributed by atoms with van der Waals surface area (Å²) in [6.07, 6.45) is -4.88. The molecule has 0 bridgehead atoms. The van der Waals surface area contributed by atoms with Gasteiger partial charge in [-0.15, -0.1) is 0 Å². The fourth-order valence-electron chi connectivity index (χ4n) is 0.258. The van der Waals surface area contributed by atoms with Crippen molar-refractivity contribution in [3.8, 4) is 0 Å². The van der Waals surface area contributed by atoms with E-state index in [2.05, 4.69) is 0 Å². The zero-order chi connectivity index (χ0) is 8.31. The second kappa shape index (κ2) is 13.0. The molecule has 2 unspecified atom stereocenters. The van der Waals surface area contributed by atoms with Crippen molar-refractivity contribution < 1.29 is 67.7 Å². The number of aliphatic carboxylic acids is 2. The number of hydrogen-bond donors (Lipinski definition) is 4. The van der Waals surface area contributed by atoms with Crippen LogP contribution in [0.5, 0.6) is 0 Å². The Hall–Kier alpha value is -0.0252. The molecule has 0 aliphatic heterocycles. The number of carbonyl (C=O) groups is 2. The monoisotopic (exact) mass is 196 g/mol. The van der Waals surface area contributed by atoms with Gasteiger partial charge in [-0.25, -0.2) is 0 Å². The Labute approximate surface area is 104 Å². The molecule has 0 aromatic rings. The van der Waals surface area contributed by atoms with Crippen LogP contribution in [0.25, 0.3) is 0 Å². The van der Waals surface area contributed by atoms with Crippen LogP contribution in [0.15, 0.2) is 0 Å². The Bertz CT molecular complexity index is 150. The Balaban J connectivity index is -0.0000000675. The van der Waals surface area contributed by atoms with Crippen molar-refractivity contribution in [1.29, 1.82) is 0 Å². The predicted octanol–water partition coefficient (Wildman–Crippen LogP) is -10.5. The van der Waals surface area contributed by atoms with E-state index in [4.69, 9.17) is 10.2 Å². The fourth-order valence-corrected chi connectivity index (χ4v) is 0.258. The van der Waals surface area contributed by atoms with Gasteiger partial charge in [0, 0.05) is 0 Å². The smallest absolute Gasteiger partial charge is 0.547 e. The van der Waals surface area contributed by atoms with Crippen molar-refractivity contribution in [2.45, 2.75) is 12.2 Å². The van der Waals surface area contributed by atoms with E-state index >= 15 is 0 Å². The number of carboxylic acids is 2. The van der Waals surface area contributed by atoms with Crippen LogP contribution in [0.3, 0.4) is 0 Å². The van der Waals surface area contributed by atoms with E-state index in [9.17, 15) is 19.8 Å². The van der Waals surface area contributed by atoms with Gasteiger partial charge in [0.1, 0.15) is 12.2 Å². The fraction of sp³-hybridized carbons (Fsp3) is 0.500. The Morgan fingerprint density at radius 2 is 1.00 bits per heavy atom. The number of aliphatic hydroxyl groups is 2. The van der Waals surface area contributed by atoms with E-state index in [1.54, 1.807) is 0 Å². The summed E-state index contributed by atoms with van der Waals surface area (Å²) in [5.74, 6) is -4.12. The van der Waals surface area contributed by atoms with Crippen molar-refractivity contribution in [1.82, 2.24) is 12.3 Å². The van der Waals surface area contributed by atoms with Gasteiger partial charge in [-0.1, -0.05) is 0 Å². The van der Waals surface area contributed by atoms with E-state index in [1.165, 1.54) is 0 Å². The van der Waals surface area contributed by atoms with Gasteiger partial charge in [0.2, 0.25) is 0 Å². The summed E-state index contributed by atoms with van der Waals surface area (Å²) in [6.45, 7) is 0. The SMILES string of the molecule is N.N.O=C([O-])C(O)C(O)C(=O)[O-].[Li+].[Li+]. The summed E-state index contributed by atoms with van der Waals surface area (Å²) in [6, 6.07) is 0. The number of rotatable bonds is 3. The summed E-state index contributed by atoms with van der Waals surface area (Å²) in [4.78, 5) is 19.3. The second-order valence-electron chi connectivity index (χ2n) is 1.53. The normalized spacial score (nSPS) is 11.3. The number of aliphatic hydroxyl groups excluding tert-OH is 2. The van der Waals surface area contributed by atoms with Crippen molar-refractivity contribution >= 4 is 11.9 Å². The summed E-state index contributed by atoms with van der Waals surface area (Å²) in [5, 5.41) is 35.7. The molecule has 0 aromatic heterocycles. The third-order valence-electron chi connectivity index (χ3n) is 0.782. The number of carbonyl (C=O) groups excluding carboxylic acids is 2. The molecule has 10 heteroatoms. The van der Waals surface area contributed by atoms with E-state index in [-0.39, 0.29) is 50.0 Å². The summed E-state index contributed by atoms with van der Waals surface area (Å²) < 4.78 is 0. The van der Waals surface area contributed by atoms with Gasteiger partial charge in [0.25, 0.3) is 0 Å². The molecular formula is C4H10Li2N2O6. The van der Waals surface area contributed by atoms with Gasteiger partial charge in [0.15, 0.2) is 0 Å². The molecule has 0 amide bonds. The minimum absolute atomic E-state index is 0. The van der Waals surface area contributed by atoms with Gasteiger partial charge >= 0.3 is 37.7 Å². The molecule has 2 atom stereocenters.